The van der Waals surface area contributed by atoms with Gasteiger partial charge in [0.2, 0.25) is 0 Å². The molecular weight excluding hydrogens is 234 g/mol. The summed E-state index contributed by atoms with van der Waals surface area (Å²) in [6.45, 7) is 12.8. The van der Waals surface area contributed by atoms with Gasteiger partial charge in [0.25, 0.3) is 0 Å². The van der Waals surface area contributed by atoms with Crippen LogP contribution in [0.4, 0.5) is 0 Å². The number of hydrogen-bond donors (Lipinski definition) is 1. The highest BCUT2D eigenvalue weighted by atomic mass is 15.2. The van der Waals surface area contributed by atoms with Crippen LogP contribution in [0.3, 0.4) is 0 Å². The van der Waals surface area contributed by atoms with E-state index in [1.54, 1.807) is 0 Å². The molecule has 0 aliphatic carbocycles. The molecule has 2 atom stereocenters. The molecule has 2 heterocycles. The van der Waals surface area contributed by atoms with Gasteiger partial charge in [0, 0.05) is 18.6 Å². The summed E-state index contributed by atoms with van der Waals surface area (Å²) in [7, 11) is 0. The number of nitrogens with two attached hydrogens (primary N) is 1. The van der Waals surface area contributed by atoms with Crippen molar-refractivity contribution in [2.24, 2.45) is 11.1 Å². The second kappa shape index (κ2) is 6.55. The fourth-order valence-electron chi connectivity index (χ4n) is 3.83. The van der Waals surface area contributed by atoms with Gasteiger partial charge >= 0.3 is 0 Å². The number of fused-ring (bicyclic) bond motifs is 1. The molecule has 0 radical (unpaired) electrons. The number of rotatable bonds is 6. The van der Waals surface area contributed by atoms with Crippen molar-refractivity contribution in [2.45, 2.75) is 65.0 Å². The highest BCUT2D eigenvalue weighted by Crippen LogP contribution is 2.30. The van der Waals surface area contributed by atoms with Crippen LogP contribution in [0.25, 0.3) is 0 Å². The Kier molecular flexibility index (Phi) is 5.27. The molecule has 2 aliphatic heterocycles. The smallest absolute Gasteiger partial charge is 0.0123 e. The lowest BCUT2D eigenvalue weighted by Crippen LogP contribution is -2.51. The highest BCUT2D eigenvalue weighted by molar-refractivity contribution is 4.91. The lowest BCUT2D eigenvalue weighted by molar-refractivity contribution is 0.0625. The summed E-state index contributed by atoms with van der Waals surface area (Å²) >= 11 is 0. The molecule has 3 nitrogen and oxygen atoms in total. The summed E-state index contributed by atoms with van der Waals surface area (Å²) in [6.07, 6.45) is 6.85. The zero-order valence-electron chi connectivity index (χ0n) is 13.2. The van der Waals surface area contributed by atoms with E-state index in [0.29, 0.717) is 0 Å². The van der Waals surface area contributed by atoms with E-state index in [2.05, 4.69) is 30.6 Å². The van der Waals surface area contributed by atoms with Gasteiger partial charge in [-0.1, -0.05) is 20.8 Å². The first-order chi connectivity index (χ1) is 9.05. The van der Waals surface area contributed by atoms with Crippen molar-refractivity contribution in [3.63, 3.8) is 0 Å². The summed E-state index contributed by atoms with van der Waals surface area (Å²) in [4.78, 5) is 5.46. The van der Waals surface area contributed by atoms with Crippen LogP contribution in [0.15, 0.2) is 0 Å². The van der Waals surface area contributed by atoms with Crippen LogP contribution in [0, 0.1) is 5.41 Å². The van der Waals surface area contributed by atoms with Gasteiger partial charge in [-0.3, -0.25) is 4.90 Å². The zero-order chi connectivity index (χ0) is 13.9. The number of hydrogen-bond acceptors (Lipinski definition) is 3. The summed E-state index contributed by atoms with van der Waals surface area (Å²) < 4.78 is 0. The van der Waals surface area contributed by atoms with Crippen molar-refractivity contribution in [1.29, 1.82) is 0 Å². The lowest BCUT2D eigenvalue weighted by Gasteiger charge is -2.43. The Labute approximate surface area is 119 Å². The van der Waals surface area contributed by atoms with Crippen molar-refractivity contribution in [2.75, 3.05) is 32.7 Å². The minimum absolute atomic E-state index is 0.252. The fraction of sp³-hybridized carbons (Fsp3) is 1.00. The van der Waals surface area contributed by atoms with Crippen molar-refractivity contribution >= 4 is 0 Å². The first-order valence-electron chi connectivity index (χ1n) is 8.24. The molecule has 2 unspecified atom stereocenters. The zero-order valence-corrected chi connectivity index (χ0v) is 13.2. The SMILES string of the molecule is CCCN(CC(C)(C)CN)C1CCN2CCCC2C1. The Bertz CT molecular complexity index is 277. The molecule has 2 N–H and O–H groups in total. The van der Waals surface area contributed by atoms with Crippen LogP contribution in [0.5, 0.6) is 0 Å². The van der Waals surface area contributed by atoms with Crippen molar-refractivity contribution < 1.29 is 0 Å². The average Bonchev–Trinajstić information content (AvgIpc) is 2.85. The fourth-order valence-corrected chi connectivity index (χ4v) is 3.83. The quantitative estimate of drug-likeness (QED) is 0.801. The standard InChI is InChI=1S/C16H33N3/c1-4-8-19(13-16(2,3)12-17)15-7-10-18-9-5-6-14(18)11-15/h14-15H,4-13,17H2,1-3H3. The number of piperidine rings is 1. The summed E-state index contributed by atoms with van der Waals surface area (Å²) in [5, 5.41) is 0. The number of nitrogens with zero attached hydrogens (tertiary/aromatic N) is 2. The molecule has 0 amide bonds. The molecule has 2 fully saturated rings. The third-order valence-electron chi connectivity index (χ3n) is 5.00. The van der Waals surface area contributed by atoms with E-state index >= 15 is 0 Å². The van der Waals surface area contributed by atoms with E-state index in [1.165, 1.54) is 51.7 Å². The second-order valence-electron chi connectivity index (χ2n) is 7.35. The predicted octanol–water partition coefficient (Wildman–Crippen LogP) is 2.31. The summed E-state index contributed by atoms with van der Waals surface area (Å²) in [5.74, 6) is 0. The van der Waals surface area contributed by atoms with E-state index in [4.69, 9.17) is 5.73 Å². The summed E-state index contributed by atoms with van der Waals surface area (Å²) in [5.41, 5.74) is 6.18. The van der Waals surface area contributed by atoms with E-state index < -0.39 is 0 Å². The highest BCUT2D eigenvalue weighted by Gasteiger charge is 2.35. The van der Waals surface area contributed by atoms with Crippen LogP contribution in [0.2, 0.25) is 0 Å². The molecule has 0 aromatic carbocycles. The topological polar surface area (TPSA) is 32.5 Å². The van der Waals surface area contributed by atoms with Crippen LogP contribution >= 0.6 is 0 Å². The van der Waals surface area contributed by atoms with Crippen molar-refractivity contribution in [1.82, 2.24) is 9.80 Å². The monoisotopic (exact) mass is 267 g/mol. The summed E-state index contributed by atoms with van der Waals surface area (Å²) in [6, 6.07) is 1.67. The first kappa shape index (κ1) is 15.3. The molecule has 0 bridgehead atoms. The van der Waals surface area contributed by atoms with E-state index in [-0.39, 0.29) is 5.41 Å². The lowest BCUT2D eigenvalue weighted by atomic mass is 9.89. The normalized spacial score (nSPS) is 28.9. The third kappa shape index (κ3) is 3.93. The minimum atomic E-state index is 0.252. The Balaban J connectivity index is 1.94. The molecule has 2 saturated heterocycles. The van der Waals surface area contributed by atoms with Crippen LogP contribution in [0.1, 0.15) is 52.9 Å². The minimum Gasteiger partial charge on any atom is -0.330 e. The van der Waals surface area contributed by atoms with Gasteiger partial charge in [-0.25, -0.2) is 0 Å². The third-order valence-corrected chi connectivity index (χ3v) is 5.00. The molecule has 0 saturated carbocycles. The Morgan fingerprint density at radius 3 is 2.74 bits per heavy atom. The molecule has 3 heteroatoms. The maximum Gasteiger partial charge on any atom is 0.0123 e. The van der Waals surface area contributed by atoms with Gasteiger partial charge in [-0.05, 0) is 63.7 Å². The van der Waals surface area contributed by atoms with E-state index in [1.807, 2.05) is 0 Å². The molecule has 2 rings (SSSR count). The molecule has 19 heavy (non-hydrogen) atoms. The Morgan fingerprint density at radius 1 is 1.26 bits per heavy atom. The van der Waals surface area contributed by atoms with Crippen LogP contribution in [-0.2, 0) is 0 Å². The Morgan fingerprint density at radius 2 is 2.05 bits per heavy atom. The molecule has 2 aliphatic rings. The van der Waals surface area contributed by atoms with Crippen LogP contribution < -0.4 is 5.73 Å². The van der Waals surface area contributed by atoms with Gasteiger partial charge in [0.05, 0.1) is 0 Å². The van der Waals surface area contributed by atoms with Gasteiger partial charge in [-0.15, -0.1) is 0 Å². The van der Waals surface area contributed by atoms with Crippen molar-refractivity contribution in [3.05, 3.63) is 0 Å². The average molecular weight is 267 g/mol. The Hall–Kier alpha value is -0.120. The first-order valence-corrected chi connectivity index (χ1v) is 8.24. The maximum atomic E-state index is 5.93. The largest absolute Gasteiger partial charge is 0.330 e. The van der Waals surface area contributed by atoms with Gasteiger partial charge in [0.1, 0.15) is 0 Å². The molecule has 0 aromatic rings. The second-order valence-corrected chi connectivity index (χ2v) is 7.35. The molecule has 0 spiro atoms. The van der Waals surface area contributed by atoms with Gasteiger partial charge in [-0.2, -0.15) is 0 Å². The van der Waals surface area contributed by atoms with Crippen molar-refractivity contribution in [3.8, 4) is 0 Å². The van der Waals surface area contributed by atoms with E-state index in [9.17, 15) is 0 Å². The van der Waals surface area contributed by atoms with Gasteiger partial charge < -0.3 is 10.6 Å². The molecule has 0 aromatic heterocycles. The predicted molar refractivity (Wildman–Crippen MR) is 82.3 cm³/mol. The molecule has 112 valence electrons. The van der Waals surface area contributed by atoms with Gasteiger partial charge in [0.15, 0.2) is 0 Å². The van der Waals surface area contributed by atoms with Crippen LogP contribution in [-0.4, -0.2) is 54.6 Å². The van der Waals surface area contributed by atoms with E-state index in [0.717, 1.165) is 25.2 Å². The molecular formula is C16H33N3. The maximum absolute atomic E-state index is 5.93.